The van der Waals surface area contributed by atoms with Crippen LogP contribution in [0.25, 0.3) is 0 Å². The molecular formula is C14H20N2O3. The van der Waals surface area contributed by atoms with Crippen LogP contribution in [0.1, 0.15) is 36.0 Å². The normalized spacial score (nSPS) is 19.9. The molecule has 1 unspecified atom stereocenters. The van der Waals surface area contributed by atoms with Crippen molar-refractivity contribution < 1.29 is 14.6 Å². The van der Waals surface area contributed by atoms with Crippen molar-refractivity contribution in [1.82, 2.24) is 9.88 Å². The number of nitrogens with zero attached hydrogens (tertiary/aromatic N) is 2. The first-order valence-corrected chi connectivity index (χ1v) is 6.68. The molecule has 1 fully saturated rings. The predicted octanol–water partition coefficient (Wildman–Crippen LogP) is 1.47. The molecule has 0 radical (unpaired) electrons. The van der Waals surface area contributed by atoms with E-state index in [-0.39, 0.29) is 18.6 Å². The fraction of sp³-hybridized carbons (Fsp3) is 0.571. The van der Waals surface area contributed by atoms with E-state index in [1.54, 1.807) is 23.2 Å². The zero-order valence-electron chi connectivity index (χ0n) is 11.2. The Bertz CT molecular complexity index is 436. The van der Waals surface area contributed by atoms with Gasteiger partial charge in [0.15, 0.2) is 0 Å². The van der Waals surface area contributed by atoms with E-state index >= 15 is 0 Å². The molecule has 0 bridgehead atoms. The minimum atomic E-state index is -0.106. The molecule has 5 nitrogen and oxygen atoms in total. The van der Waals surface area contributed by atoms with Crippen LogP contribution in [0.2, 0.25) is 0 Å². The summed E-state index contributed by atoms with van der Waals surface area (Å²) >= 11 is 0. The van der Waals surface area contributed by atoms with Crippen LogP contribution in [0.4, 0.5) is 0 Å². The zero-order chi connectivity index (χ0) is 13.7. The van der Waals surface area contributed by atoms with Crippen molar-refractivity contribution in [3.63, 3.8) is 0 Å². The summed E-state index contributed by atoms with van der Waals surface area (Å²) in [7, 11) is 1.51. The van der Waals surface area contributed by atoms with Crippen molar-refractivity contribution in [2.24, 2.45) is 0 Å². The largest absolute Gasteiger partial charge is 0.480 e. The molecular weight excluding hydrogens is 244 g/mol. The van der Waals surface area contributed by atoms with Crippen molar-refractivity contribution in [1.29, 1.82) is 0 Å². The number of amides is 1. The van der Waals surface area contributed by atoms with Crippen molar-refractivity contribution in [2.45, 2.75) is 31.7 Å². The first kappa shape index (κ1) is 13.8. The van der Waals surface area contributed by atoms with Gasteiger partial charge in [0.2, 0.25) is 5.88 Å². The van der Waals surface area contributed by atoms with E-state index < -0.39 is 0 Å². The molecule has 19 heavy (non-hydrogen) atoms. The second-order valence-corrected chi connectivity index (χ2v) is 4.74. The van der Waals surface area contributed by atoms with Gasteiger partial charge in [0.25, 0.3) is 5.91 Å². The van der Waals surface area contributed by atoms with E-state index in [1.807, 2.05) is 0 Å². The Balaban J connectivity index is 2.25. The van der Waals surface area contributed by atoms with E-state index in [2.05, 4.69) is 4.98 Å². The highest BCUT2D eigenvalue weighted by atomic mass is 16.5. The Hall–Kier alpha value is -1.62. The van der Waals surface area contributed by atoms with Crippen molar-refractivity contribution in [3.05, 3.63) is 23.9 Å². The van der Waals surface area contributed by atoms with Gasteiger partial charge in [-0.3, -0.25) is 4.79 Å². The van der Waals surface area contributed by atoms with Gasteiger partial charge in [0, 0.05) is 12.7 Å². The number of likely N-dealkylation sites (tertiary alicyclic amines) is 1. The lowest BCUT2D eigenvalue weighted by molar-refractivity contribution is 0.0595. The molecule has 0 spiro atoms. The first-order chi connectivity index (χ1) is 9.27. The molecule has 1 amide bonds. The van der Waals surface area contributed by atoms with Crippen molar-refractivity contribution in [2.75, 3.05) is 20.3 Å². The van der Waals surface area contributed by atoms with Crippen molar-refractivity contribution >= 4 is 5.91 Å². The second kappa shape index (κ2) is 6.52. The monoisotopic (exact) mass is 264 g/mol. The molecule has 1 aromatic heterocycles. The summed E-state index contributed by atoms with van der Waals surface area (Å²) in [5.74, 6) is 0.235. The third-order valence-corrected chi connectivity index (χ3v) is 3.54. The number of aliphatic hydroxyl groups excluding tert-OH is 1. The zero-order valence-corrected chi connectivity index (χ0v) is 11.2. The molecule has 0 aliphatic carbocycles. The number of carbonyl (C=O) groups excluding carboxylic acids is 1. The molecule has 1 atom stereocenters. The van der Waals surface area contributed by atoms with Crippen LogP contribution >= 0.6 is 0 Å². The van der Waals surface area contributed by atoms with E-state index in [9.17, 15) is 9.90 Å². The van der Waals surface area contributed by atoms with E-state index in [0.717, 1.165) is 25.7 Å². The lowest BCUT2D eigenvalue weighted by Crippen LogP contribution is -2.42. The standard InChI is InChI=1S/C14H20N2O3/c1-19-13-12(7-5-8-15-13)14(18)16-9-4-2-3-6-11(16)10-17/h5,7-8,11,17H,2-4,6,9-10H2,1H3. The smallest absolute Gasteiger partial charge is 0.259 e. The number of methoxy groups -OCH3 is 1. The summed E-state index contributed by atoms with van der Waals surface area (Å²) in [5.41, 5.74) is 0.463. The molecule has 104 valence electrons. The van der Waals surface area contributed by atoms with Gasteiger partial charge >= 0.3 is 0 Å². The maximum absolute atomic E-state index is 12.6. The molecule has 5 heteroatoms. The molecule has 0 aromatic carbocycles. The van der Waals surface area contributed by atoms with Crippen LogP contribution in [0.3, 0.4) is 0 Å². The molecule has 2 heterocycles. The highest BCUT2D eigenvalue weighted by molar-refractivity contribution is 5.96. The summed E-state index contributed by atoms with van der Waals surface area (Å²) in [6.45, 7) is 0.691. The summed E-state index contributed by atoms with van der Waals surface area (Å²) in [5, 5.41) is 9.47. The lowest BCUT2D eigenvalue weighted by Gasteiger charge is -2.28. The maximum Gasteiger partial charge on any atom is 0.259 e. The molecule has 1 N–H and O–H groups in total. The van der Waals surface area contributed by atoms with Gasteiger partial charge in [-0.1, -0.05) is 12.8 Å². The van der Waals surface area contributed by atoms with Crippen LogP contribution in [0, 0.1) is 0 Å². The van der Waals surface area contributed by atoms with Gasteiger partial charge in [-0.2, -0.15) is 0 Å². The lowest BCUT2D eigenvalue weighted by atomic mass is 10.1. The third-order valence-electron chi connectivity index (χ3n) is 3.54. The number of hydrogen-bond donors (Lipinski definition) is 1. The average molecular weight is 264 g/mol. The van der Waals surface area contributed by atoms with E-state index in [1.165, 1.54) is 7.11 Å². The number of aliphatic hydroxyl groups is 1. The Morgan fingerprint density at radius 3 is 3.11 bits per heavy atom. The minimum absolute atomic E-state index is 0.00825. The summed E-state index contributed by atoms with van der Waals surface area (Å²) in [6, 6.07) is 3.34. The summed E-state index contributed by atoms with van der Waals surface area (Å²) in [4.78, 5) is 18.4. The minimum Gasteiger partial charge on any atom is -0.480 e. The molecule has 1 aliphatic rings. The van der Waals surface area contributed by atoms with E-state index in [4.69, 9.17) is 4.74 Å². The van der Waals surface area contributed by atoms with Crippen molar-refractivity contribution in [3.8, 4) is 5.88 Å². The maximum atomic E-state index is 12.6. The van der Waals surface area contributed by atoms with Crippen LogP contribution < -0.4 is 4.74 Å². The fourth-order valence-electron chi connectivity index (χ4n) is 2.51. The quantitative estimate of drug-likeness (QED) is 0.898. The van der Waals surface area contributed by atoms with Gasteiger partial charge in [-0.25, -0.2) is 4.98 Å². The van der Waals surface area contributed by atoms with Gasteiger partial charge in [0.05, 0.1) is 19.8 Å². The highest BCUT2D eigenvalue weighted by Gasteiger charge is 2.27. The Morgan fingerprint density at radius 2 is 2.37 bits per heavy atom. The highest BCUT2D eigenvalue weighted by Crippen LogP contribution is 2.22. The third kappa shape index (κ3) is 3.04. The Kier molecular flexibility index (Phi) is 4.74. The predicted molar refractivity (Wildman–Crippen MR) is 71.2 cm³/mol. The number of carbonyl (C=O) groups is 1. The van der Waals surface area contributed by atoms with E-state index in [0.29, 0.717) is 18.0 Å². The number of hydrogen-bond acceptors (Lipinski definition) is 4. The summed E-state index contributed by atoms with van der Waals surface area (Å²) in [6.07, 6.45) is 5.58. The van der Waals surface area contributed by atoms with Gasteiger partial charge in [0.1, 0.15) is 5.56 Å². The second-order valence-electron chi connectivity index (χ2n) is 4.74. The molecule has 1 aliphatic heterocycles. The fourth-order valence-corrected chi connectivity index (χ4v) is 2.51. The molecule has 2 rings (SSSR count). The van der Waals surface area contributed by atoms with Gasteiger partial charge < -0.3 is 14.7 Å². The average Bonchev–Trinajstić information content (AvgIpc) is 2.71. The summed E-state index contributed by atoms with van der Waals surface area (Å²) < 4.78 is 5.14. The Morgan fingerprint density at radius 1 is 1.53 bits per heavy atom. The molecule has 1 saturated heterocycles. The van der Waals surface area contributed by atoms with Gasteiger partial charge in [-0.05, 0) is 25.0 Å². The molecule has 0 saturated carbocycles. The number of aromatic nitrogens is 1. The van der Waals surface area contributed by atoms with Crippen LogP contribution in [0.5, 0.6) is 5.88 Å². The van der Waals surface area contributed by atoms with Crippen LogP contribution in [-0.4, -0.2) is 47.2 Å². The SMILES string of the molecule is COc1ncccc1C(=O)N1CCCCCC1CO. The molecule has 1 aromatic rings. The first-order valence-electron chi connectivity index (χ1n) is 6.68. The number of ether oxygens (including phenoxy) is 1. The number of pyridine rings is 1. The van der Waals surface area contributed by atoms with Crippen LogP contribution in [-0.2, 0) is 0 Å². The van der Waals surface area contributed by atoms with Crippen LogP contribution in [0.15, 0.2) is 18.3 Å². The number of rotatable bonds is 3. The van der Waals surface area contributed by atoms with Gasteiger partial charge in [-0.15, -0.1) is 0 Å². The topological polar surface area (TPSA) is 62.7 Å². The Labute approximate surface area is 113 Å².